The molecular formula is C18H24FN3O3. The smallest absolute Gasteiger partial charge is 0.317 e. The molecule has 2 fully saturated rings. The Bertz CT molecular complexity index is 619. The second-order valence-electron chi connectivity index (χ2n) is 6.47. The van der Waals surface area contributed by atoms with E-state index in [9.17, 15) is 14.0 Å². The van der Waals surface area contributed by atoms with Crippen LogP contribution in [0.5, 0.6) is 0 Å². The van der Waals surface area contributed by atoms with Crippen LogP contribution in [0, 0.1) is 11.7 Å². The Morgan fingerprint density at radius 3 is 2.68 bits per heavy atom. The number of carbonyl (C=O) groups is 2. The number of rotatable bonds is 3. The number of halogens is 1. The second kappa shape index (κ2) is 8.29. The predicted octanol–water partition coefficient (Wildman–Crippen LogP) is 1.61. The van der Waals surface area contributed by atoms with Crippen LogP contribution < -0.4 is 5.32 Å². The van der Waals surface area contributed by atoms with Gasteiger partial charge in [-0.3, -0.25) is 4.79 Å². The summed E-state index contributed by atoms with van der Waals surface area (Å²) in [5.41, 5.74) is 0.453. The van der Waals surface area contributed by atoms with Crippen LogP contribution in [0.1, 0.15) is 18.4 Å². The largest absolute Gasteiger partial charge is 0.378 e. The first-order chi connectivity index (χ1) is 12.1. The number of piperidine rings is 1. The molecule has 0 saturated carbocycles. The van der Waals surface area contributed by atoms with Crippen LogP contribution in [0.3, 0.4) is 0 Å². The van der Waals surface area contributed by atoms with Gasteiger partial charge in [-0.15, -0.1) is 0 Å². The Kier molecular flexibility index (Phi) is 5.86. The molecule has 2 aliphatic rings. The van der Waals surface area contributed by atoms with Crippen LogP contribution in [-0.4, -0.2) is 61.1 Å². The maximum atomic E-state index is 13.6. The molecule has 1 atom stereocenters. The lowest BCUT2D eigenvalue weighted by Crippen LogP contribution is -2.51. The summed E-state index contributed by atoms with van der Waals surface area (Å²) in [6, 6.07) is 6.13. The minimum absolute atomic E-state index is 0.106. The Hall–Kier alpha value is -2.15. The number of urea groups is 1. The molecule has 1 N–H and O–H groups in total. The van der Waals surface area contributed by atoms with Crippen molar-refractivity contribution in [2.75, 3.05) is 39.4 Å². The van der Waals surface area contributed by atoms with Crippen molar-refractivity contribution in [3.05, 3.63) is 35.6 Å². The van der Waals surface area contributed by atoms with E-state index in [1.165, 1.54) is 6.07 Å². The molecule has 2 saturated heterocycles. The molecular weight excluding hydrogens is 325 g/mol. The summed E-state index contributed by atoms with van der Waals surface area (Å²) in [5, 5.41) is 2.75. The molecule has 136 valence electrons. The molecule has 0 radical (unpaired) electrons. The van der Waals surface area contributed by atoms with Crippen molar-refractivity contribution >= 4 is 11.9 Å². The molecule has 3 rings (SSSR count). The van der Waals surface area contributed by atoms with Gasteiger partial charge in [0, 0.05) is 38.3 Å². The van der Waals surface area contributed by atoms with Crippen molar-refractivity contribution in [2.24, 2.45) is 5.92 Å². The number of nitrogens with zero attached hydrogens (tertiary/aromatic N) is 2. The highest BCUT2D eigenvalue weighted by Crippen LogP contribution is 2.20. The number of benzene rings is 1. The van der Waals surface area contributed by atoms with Gasteiger partial charge >= 0.3 is 6.03 Å². The maximum Gasteiger partial charge on any atom is 0.317 e. The third-order valence-electron chi connectivity index (χ3n) is 4.77. The second-order valence-corrected chi connectivity index (χ2v) is 6.47. The third-order valence-corrected chi connectivity index (χ3v) is 4.77. The first-order valence-corrected chi connectivity index (χ1v) is 8.78. The van der Waals surface area contributed by atoms with E-state index in [0.29, 0.717) is 45.0 Å². The van der Waals surface area contributed by atoms with E-state index in [-0.39, 0.29) is 30.2 Å². The van der Waals surface area contributed by atoms with Crippen LogP contribution in [0.25, 0.3) is 0 Å². The quantitative estimate of drug-likeness (QED) is 0.902. The zero-order valence-corrected chi connectivity index (χ0v) is 14.2. The lowest BCUT2D eigenvalue weighted by molar-refractivity contribution is -0.141. The summed E-state index contributed by atoms with van der Waals surface area (Å²) >= 11 is 0. The highest BCUT2D eigenvalue weighted by Gasteiger charge is 2.31. The van der Waals surface area contributed by atoms with E-state index in [1.807, 2.05) is 4.90 Å². The Morgan fingerprint density at radius 2 is 1.92 bits per heavy atom. The Labute approximate surface area is 146 Å². The number of hydrogen-bond donors (Lipinski definition) is 1. The van der Waals surface area contributed by atoms with E-state index in [2.05, 4.69) is 5.32 Å². The van der Waals surface area contributed by atoms with Crippen molar-refractivity contribution in [3.8, 4) is 0 Å². The van der Waals surface area contributed by atoms with Gasteiger partial charge in [-0.25, -0.2) is 9.18 Å². The predicted molar refractivity (Wildman–Crippen MR) is 90.3 cm³/mol. The van der Waals surface area contributed by atoms with Crippen LogP contribution in [-0.2, 0) is 16.1 Å². The number of morpholine rings is 1. The summed E-state index contributed by atoms with van der Waals surface area (Å²) in [6.45, 7) is 3.57. The van der Waals surface area contributed by atoms with Gasteiger partial charge < -0.3 is 19.9 Å². The van der Waals surface area contributed by atoms with Gasteiger partial charge in [0.1, 0.15) is 5.82 Å². The minimum Gasteiger partial charge on any atom is -0.378 e. The Morgan fingerprint density at radius 1 is 1.16 bits per heavy atom. The summed E-state index contributed by atoms with van der Waals surface area (Å²) in [4.78, 5) is 28.5. The lowest BCUT2D eigenvalue weighted by Gasteiger charge is -2.36. The standard InChI is InChI=1S/C18H24FN3O3/c19-16-6-2-1-4-14(16)12-20-18(24)22-7-3-5-15(13-22)17(23)21-8-10-25-11-9-21/h1-2,4,6,15H,3,5,7-13H2,(H,20,24)/t15-/m0/s1. The fourth-order valence-electron chi connectivity index (χ4n) is 3.33. The first-order valence-electron chi connectivity index (χ1n) is 8.78. The van der Waals surface area contributed by atoms with Crippen molar-refractivity contribution in [3.63, 3.8) is 0 Å². The third kappa shape index (κ3) is 4.48. The summed E-state index contributed by atoms with van der Waals surface area (Å²) in [6.07, 6.45) is 1.60. The molecule has 0 spiro atoms. The highest BCUT2D eigenvalue weighted by molar-refractivity contribution is 5.81. The Balaban J connectivity index is 1.52. The number of hydrogen-bond acceptors (Lipinski definition) is 3. The zero-order valence-electron chi connectivity index (χ0n) is 14.2. The number of ether oxygens (including phenoxy) is 1. The van der Waals surface area contributed by atoms with E-state index < -0.39 is 0 Å². The van der Waals surface area contributed by atoms with Gasteiger partial charge in [0.15, 0.2) is 0 Å². The van der Waals surface area contributed by atoms with Crippen molar-refractivity contribution in [2.45, 2.75) is 19.4 Å². The van der Waals surface area contributed by atoms with Crippen LogP contribution in [0.4, 0.5) is 9.18 Å². The number of likely N-dealkylation sites (tertiary alicyclic amines) is 1. The topological polar surface area (TPSA) is 61.9 Å². The molecule has 25 heavy (non-hydrogen) atoms. The fraction of sp³-hybridized carbons (Fsp3) is 0.556. The monoisotopic (exact) mass is 349 g/mol. The normalized spacial score (nSPS) is 21.1. The maximum absolute atomic E-state index is 13.6. The molecule has 2 aliphatic heterocycles. The number of nitrogens with one attached hydrogen (secondary N) is 1. The SMILES string of the molecule is O=C(NCc1ccccc1F)N1CCC[C@H](C(=O)N2CCOCC2)C1. The van der Waals surface area contributed by atoms with Gasteiger partial charge in [0.05, 0.1) is 19.1 Å². The van der Waals surface area contributed by atoms with Crippen molar-refractivity contribution in [1.82, 2.24) is 15.1 Å². The summed E-state index contributed by atoms with van der Waals surface area (Å²) in [7, 11) is 0. The molecule has 3 amide bonds. The van der Waals surface area contributed by atoms with Gasteiger partial charge in [-0.05, 0) is 18.9 Å². The molecule has 0 aromatic heterocycles. The van der Waals surface area contributed by atoms with E-state index >= 15 is 0 Å². The molecule has 0 unspecified atom stereocenters. The average molecular weight is 349 g/mol. The van der Waals surface area contributed by atoms with Gasteiger partial charge in [0.2, 0.25) is 5.91 Å². The van der Waals surface area contributed by atoms with Gasteiger partial charge in [-0.1, -0.05) is 18.2 Å². The zero-order chi connectivity index (χ0) is 17.6. The first kappa shape index (κ1) is 17.7. The van der Waals surface area contributed by atoms with Crippen molar-refractivity contribution < 1.29 is 18.7 Å². The van der Waals surface area contributed by atoms with Gasteiger partial charge in [0.25, 0.3) is 0 Å². The molecule has 0 aliphatic carbocycles. The van der Waals surface area contributed by atoms with Crippen molar-refractivity contribution in [1.29, 1.82) is 0 Å². The fourth-order valence-corrected chi connectivity index (χ4v) is 3.33. The average Bonchev–Trinajstić information content (AvgIpc) is 2.67. The molecule has 6 nitrogen and oxygen atoms in total. The summed E-state index contributed by atoms with van der Waals surface area (Å²) in [5.74, 6) is -0.386. The van der Waals surface area contributed by atoms with E-state index in [0.717, 1.165) is 12.8 Å². The summed E-state index contributed by atoms with van der Waals surface area (Å²) < 4.78 is 18.9. The molecule has 1 aromatic rings. The van der Waals surface area contributed by atoms with E-state index in [1.54, 1.807) is 23.1 Å². The van der Waals surface area contributed by atoms with Crippen LogP contribution >= 0.6 is 0 Å². The van der Waals surface area contributed by atoms with E-state index in [4.69, 9.17) is 4.74 Å². The molecule has 0 bridgehead atoms. The van der Waals surface area contributed by atoms with Gasteiger partial charge in [-0.2, -0.15) is 0 Å². The van der Waals surface area contributed by atoms with Crippen LogP contribution in [0.2, 0.25) is 0 Å². The number of carbonyl (C=O) groups excluding carboxylic acids is 2. The minimum atomic E-state index is -0.332. The molecule has 2 heterocycles. The van der Waals surface area contributed by atoms with Crippen LogP contribution in [0.15, 0.2) is 24.3 Å². The molecule has 1 aromatic carbocycles. The highest BCUT2D eigenvalue weighted by atomic mass is 19.1. The molecule has 7 heteroatoms. The lowest BCUT2D eigenvalue weighted by atomic mass is 9.96. The number of amides is 3.